The van der Waals surface area contributed by atoms with Crippen molar-refractivity contribution in [3.05, 3.63) is 12.2 Å². The van der Waals surface area contributed by atoms with E-state index in [1.165, 1.54) is 4.90 Å². The van der Waals surface area contributed by atoms with Gasteiger partial charge < -0.3 is 17.3 Å². The summed E-state index contributed by atoms with van der Waals surface area (Å²) in [6.45, 7) is 19.4. The van der Waals surface area contributed by atoms with Gasteiger partial charge in [0.25, 0.3) is 0 Å². The minimum absolute atomic E-state index is 0. The maximum Gasteiger partial charge on any atom is 0.101 e. The Bertz CT molecular complexity index is 352. The van der Waals surface area contributed by atoms with Gasteiger partial charge in [0.2, 0.25) is 0 Å². The molecular formula is C17H34ClN. The fraction of sp³-hybridized carbons (Fsp3) is 0.882. The van der Waals surface area contributed by atoms with Gasteiger partial charge in [0.05, 0.1) is 14.1 Å². The van der Waals surface area contributed by atoms with Crippen LogP contribution in [0.3, 0.4) is 0 Å². The fourth-order valence-electron chi connectivity index (χ4n) is 3.53. The average Bonchev–Trinajstić information content (AvgIpc) is 2.22. The average molecular weight is 288 g/mol. The first kappa shape index (κ1) is 19.0. The van der Waals surface area contributed by atoms with Gasteiger partial charge in [-0.2, -0.15) is 0 Å². The van der Waals surface area contributed by atoms with E-state index in [0.29, 0.717) is 11.3 Å². The zero-order chi connectivity index (χ0) is 14.6. The molecule has 0 saturated carbocycles. The van der Waals surface area contributed by atoms with E-state index in [0.717, 1.165) is 0 Å². The molecule has 2 heteroatoms. The van der Waals surface area contributed by atoms with Crippen molar-refractivity contribution in [1.82, 2.24) is 0 Å². The third kappa shape index (κ3) is 2.27. The molecule has 2 unspecified atom stereocenters. The van der Waals surface area contributed by atoms with E-state index < -0.39 is 0 Å². The van der Waals surface area contributed by atoms with Gasteiger partial charge >= 0.3 is 0 Å². The molecule has 0 amide bonds. The van der Waals surface area contributed by atoms with Crippen molar-refractivity contribution in [1.29, 1.82) is 0 Å². The lowest BCUT2D eigenvalue weighted by molar-refractivity contribution is -0.921. The van der Waals surface area contributed by atoms with E-state index in [1.807, 2.05) is 0 Å². The first-order valence-corrected chi connectivity index (χ1v) is 7.32. The third-order valence-electron chi connectivity index (χ3n) is 7.31. The normalized spacial score (nSPS) is 33.1. The number of nitrogens with one attached hydrogen (secondary N) is 1. The number of halogens is 1. The summed E-state index contributed by atoms with van der Waals surface area (Å²) in [5.41, 5.74) is 0.970. The van der Waals surface area contributed by atoms with E-state index >= 15 is 0 Å². The summed E-state index contributed by atoms with van der Waals surface area (Å²) >= 11 is 0. The van der Waals surface area contributed by atoms with Crippen LogP contribution in [0.1, 0.15) is 55.4 Å². The molecule has 0 saturated heterocycles. The lowest BCUT2D eigenvalue weighted by Gasteiger charge is -2.62. The highest BCUT2D eigenvalue weighted by Gasteiger charge is 2.61. The van der Waals surface area contributed by atoms with Crippen molar-refractivity contribution in [3.8, 4) is 0 Å². The molecule has 0 spiro atoms. The highest BCUT2D eigenvalue weighted by Crippen LogP contribution is 2.61. The Morgan fingerprint density at radius 3 is 1.79 bits per heavy atom. The van der Waals surface area contributed by atoms with Crippen LogP contribution in [0.5, 0.6) is 0 Å². The zero-order valence-corrected chi connectivity index (χ0v) is 15.4. The molecule has 0 heterocycles. The molecule has 0 radical (unpaired) electrons. The van der Waals surface area contributed by atoms with Crippen LogP contribution in [0.25, 0.3) is 0 Å². The first-order chi connectivity index (χ1) is 7.82. The summed E-state index contributed by atoms with van der Waals surface area (Å²) in [7, 11) is 4.56. The summed E-state index contributed by atoms with van der Waals surface area (Å²) in [5, 5.41) is 0. The Labute approximate surface area is 127 Å². The zero-order valence-electron chi connectivity index (χ0n) is 14.6. The topological polar surface area (TPSA) is 4.44 Å². The number of rotatable bonds is 2. The molecule has 2 atom stereocenters. The number of allylic oxidation sites excluding steroid dienone is 1. The number of quaternary nitrogens is 1. The second-order valence-electron chi connectivity index (χ2n) is 8.32. The maximum atomic E-state index is 2.50. The smallest absolute Gasteiger partial charge is 0.101 e. The molecule has 1 N–H and O–H groups in total. The quantitative estimate of drug-likeness (QED) is 0.691. The van der Waals surface area contributed by atoms with Gasteiger partial charge in [-0.1, -0.05) is 46.8 Å². The number of hydrogen-bond acceptors (Lipinski definition) is 0. The predicted molar refractivity (Wildman–Crippen MR) is 80.9 cm³/mol. The van der Waals surface area contributed by atoms with Crippen LogP contribution >= 0.6 is 0 Å². The second-order valence-corrected chi connectivity index (χ2v) is 8.32. The van der Waals surface area contributed by atoms with Crippen LogP contribution in [0, 0.1) is 22.2 Å². The Balaban J connectivity index is 0.00000324. The van der Waals surface area contributed by atoms with Gasteiger partial charge in [-0.3, -0.25) is 0 Å². The van der Waals surface area contributed by atoms with Gasteiger partial charge in [-0.05, 0) is 37.5 Å². The molecule has 1 aliphatic carbocycles. The second kappa shape index (κ2) is 5.07. The van der Waals surface area contributed by atoms with Crippen LogP contribution in [-0.4, -0.2) is 19.6 Å². The molecule has 0 fully saturated rings. The van der Waals surface area contributed by atoms with Crippen molar-refractivity contribution in [3.63, 3.8) is 0 Å². The molecule has 0 aliphatic heterocycles. The SMILES string of the molecule is CC1C=CC(C)(C(C)(C)[NH+](C)C)C(C)(C)C1(C)C.[Cl-]. The fourth-order valence-corrected chi connectivity index (χ4v) is 3.53. The first-order valence-electron chi connectivity index (χ1n) is 7.32. The van der Waals surface area contributed by atoms with E-state index in [2.05, 4.69) is 81.6 Å². The summed E-state index contributed by atoms with van der Waals surface area (Å²) in [4.78, 5) is 1.52. The summed E-state index contributed by atoms with van der Waals surface area (Å²) in [6.07, 6.45) is 4.94. The molecule has 1 aliphatic rings. The van der Waals surface area contributed by atoms with Gasteiger partial charge in [0, 0.05) is 5.41 Å². The lowest BCUT2D eigenvalue weighted by Crippen LogP contribution is -3.16. The van der Waals surface area contributed by atoms with Crippen LogP contribution < -0.4 is 17.3 Å². The minimum atomic E-state index is 0. The number of hydrogen-bond donors (Lipinski definition) is 1. The molecule has 0 aromatic heterocycles. The van der Waals surface area contributed by atoms with E-state index in [-0.39, 0.29) is 28.8 Å². The molecule has 0 bridgehead atoms. The van der Waals surface area contributed by atoms with Gasteiger partial charge in [0.1, 0.15) is 5.54 Å². The predicted octanol–water partition coefficient (Wildman–Crippen LogP) is 0.178. The van der Waals surface area contributed by atoms with Crippen molar-refractivity contribution < 1.29 is 17.3 Å². The largest absolute Gasteiger partial charge is 1.00 e. The van der Waals surface area contributed by atoms with Gasteiger partial charge in [-0.15, -0.1) is 0 Å². The van der Waals surface area contributed by atoms with Gasteiger partial charge in [0.15, 0.2) is 0 Å². The van der Waals surface area contributed by atoms with Crippen molar-refractivity contribution >= 4 is 0 Å². The Hall–Kier alpha value is -0.0100. The summed E-state index contributed by atoms with van der Waals surface area (Å²) in [5.74, 6) is 0.633. The van der Waals surface area contributed by atoms with Crippen molar-refractivity contribution in [2.24, 2.45) is 22.2 Å². The van der Waals surface area contributed by atoms with Gasteiger partial charge in [-0.25, -0.2) is 0 Å². The highest BCUT2D eigenvalue weighted by atomic mass is 35.5. The Morgan fingerprint density at radius 1 is 1.00 bits per heavy atom. The molecule has 19 heavy (non-hydrogen) atoms. The van der Waals surface area contributed by atoms with E-state index in [9.17, 15) is 0 Å². The highest BCUT2D eigenvalue weighted by molar-refractivity contribution is 5.21. The van der Waals surface area contributed by atoms with Crippen molar-refractivity contribution in [2.45, 2.75) is 60.9 Å². The Morgan fingerprint density at radius 2 is 1.42 bits per heavy atom. The molecule has 1 nitrogen and oxygen atoms in total. The molecule has 0 aromatic carbocycles. The van der Waals surface area contributed by atoms with Crippen molar-refractivity contribution in [2.75, 3.05) is 14.1 Å². The van der Waals surface area contributed by atoms with Crippen LogP contribution in [0.4, 0.5) is 0 Å². The molecule has 0 aromatic rings. The minimum Gasteiger partial charge on any atom is -1.00 e. The Kier molecular flexibility index (Phi) is 5.07. The maximum absolute atomic E-state index is 2.50. The third-order valence-corrected chi connectivity index (χ3v) is 7.31. The molecular weight excluding hydrogens is 254 g/mol. The lowest BCUT2D eigenvalue weighted by atomic mass is 9.43. The van der Waals surface area contributed by atoms with E-state index in [4.69, 9.17) is 0 Å². The summed E-state index contributed by atoms with van der Waals surface area (Å²) in [6, 6.07) is 0. The molecule has 114 valence electrons. The monoisotopic (exact) mass is 287 g/mol. The van der Waals surface area contributed by atoms with Crippen LogP contribution in [0.2, 0.25) is 0 Å². The van der Waals surface area contributed by atoms with Crippen LogP contribution in [-0.2, 0) is 0 Å². The van der Waals surface area contributed by atoms with E-state index in [1.54, 1.807) is 0 Å². The van der Waals surface area contributed by atoms with Crippen LogP contribution in [0.15, 0.2) is 12.2 Å². The molecule has 1 rings (SSSR count). The standard InChI is InChI=1S/C17H33N.ClH/c1-13-11-12-17(8,16(6,7)18(9)10)15(4,5)14(13,2)3;/h11-13H,1-10H3;1H. The summed E-state index contributed by atoms with van der Waals surface area (Å²) < 4.78 is 0.